The van der Waals surface area contributed by atoms with E-state index >= 15 is 0 Å². The highest BCUT2D eigenvalue weighted by Crippen LogP contribution is 2.06. The monoisotopic (exact) mass is 231 g/mol. The Morgan fingerprint density at radius 2 is 1.28 bits per heavy atom. The first-order valence-electron chi connectivity index (χ1n) is 5.78. The van der Waals surface area contributed by atoms with E-state index in [1.807, 2.05) is 60.7 Å². The van der Waals surface area contributed by atoms with Gasteiger partial charge in [0.1, 0.15) is 0 Å². The zero-order chi connectivity index (χ0) is 12.6. The van der Waals surface area contributed by atoms with E-state index in [4.69, 9.17) is 5.26 Å². The van der Waals surface area contributed by atoms with Crippen molar-refractivity contribution in [2.45, 2.75) is 0 Å². The summed E-state index contributed by atoms with van der Waals surface area (Å²) in [4.78, 5) is 0. The molecule has 1 nitrogen and oxygen atoms in total. The van der Waals surface area contributed by atoms with E-state index in [9.17, 15) is 0 Å². The van der Waals surface area contributed by atoms with Crippen LogP contribution in [0.25, 0.3) is 12.2 Å². The average Bonchev–Trinajstić information content (AvgIpc) is 2.45. The molecule has 0 fully saturated rings. The summed E-state index contributed by atoms with van der Waals surface area (Å²) in [6.45, 7) is 0. The highest BCUT2D eigenvalue weighted by Gasteiger charge is 1.88. The third kappa shape index (κ3) is 3.47. The summed E-state index contributed by atoms with van der Waals surface area (Å²) >= 11 is 0. The Bertz CT molecular complexity index is 584. The second-order valence-corrected chi connectivity index (χ2v) is 3.86. The maximum absolute atomic E-state index is 8.69. The molecule has 0 aliphatic rings. The van der Waals surface area contributed by atoms with E-state index in [1.165, 1.54) is 5.56 Å². The van der Waals surface area contributed by atoms with Crippen molar-refractivity contribution in [1.29, 1.82) is 5.26 Å². The molecule has 0 radical (unpaired) electrons. The number of rotatable bonds is 3. The maximum atomic E-state index is 8.69. The van der Waals surface area contributed by atoms with E-state index in [0.717, 1.165) is 5.56 Å². The van der Waals surface area contributed by atoms with E-state index in [2.05, 4.69) is 24.3 Å². The van der Waals surface area contributed by atoms with E-state index < -0.39 is 0 Å². The summed E-state index contributed by atoms with van der Waals surface area (Å²) < 4.78 is 0. The lowest BCUT2D eigenvalue weighted by Gasteiger charge is -1.92. The Morgan fingerprint density at radius 1 is 0.722 bits per heavy atom. The van der Waals surface area contributed by atoms with Crippen LogP contribution >= 0.6 is 0 Å². The molecule has 0 N–H and O–H groups in total. The van der Waals surface area contributed by atoms with Crippen molar-refractivity contribution in [1.82, 2.24) is 0 Å². The van der Waals surface area contributed by atoms with Gasteiger partial charge in [-0.3, -0.25) is 0 Å². The van der Waals surface area contributed by atoms with Crippen molar-refractivity contribution in [3.8, 4) is 6.07 Å². The smallest absolute Gasteiger partial charge is 0.0991 e. The molecule has 0 aliphatic heterocycles. The number of nitrogens with zero attached hydrogens (tertiary/aromatic N) is 1. The van der Waals surface area contributed by atoms with Crippen molar-refractivity contribution in [2.24, 2.45) is 0 Å². The number of allylic oxidation sites excluding steroid dienone is 2. The van der Waals surface area contributed by atoms with Gasteiger partial charge < -0.3 is 0 Å². The number of hydrogen-bond acceptors (Lipinski definition) is 1. The lowest BCUT2D eigenvalue weighted by Crippen LogP contribution is -1.74. The van der Waals surface area contributed by atoms with Crippen LogP contribution in [-0.2, 0) is 0 Å². The first kappa shape index (κ1) is 11.9. The quantitative estimate of drug-likeness (QED) is 0.723. The first-order valence-corrected chi connectivity index (χ1v) is 5.78. The maximum Gasteiger partial charge on any atom is 0.0991 e. The fourth-order valence-corrected chi connectivity index (χ4v) is 1.57. The standard InChI is InChI=1S/C17H13N/c18-14-17-12-10-16(11-13-17)9-5-4-8-15-6-2-1-3-7-15/h1-13H/b8-4-,9-5+. The second-order valence-electron chi connectivity index (χ2n) is 3.86. The molecule has 1 heteroatoms. The second kappa shape index (κ2) is 6.22. The fourth-order valence-electron chi connectivity index (χ4n) is 1.57. The predicted molar refractivity (Wildman–Crippen MR) is 75.7 cm³/mol. The Kier molecular flexibility index (Phi) is 4.11. The molecule has 0 aliphatic carbocycles. The molecule has 0 saturated heterocycles. The summed E-state index contributed by atoms with van der Waals surface area (Å²) in [5.74, 6) is 0. The zero-order valence-corrected chi connectivity index (χ0v) is 9.95. The molecular weight excluding hydrogens is 218 g/mol. The molecule has 18 heavy (non-hydrogen) atoms. The van der Waals surface area contributed by atoms with Crippen molar-refractivity contribution in [3.05, 3.63) is 83.4 Å². The minimum atomic E-state index is 0.687. The molecule has 0 bridgehead atoms. The molecule has 2 aromatic rings. The lowest BCUT2D eigenvalue weighted by molar-refractivity contribution is 1.48. The van der Waals surface area contributed by atoms with Crippen LogP contribution in [0, 0.1) is 11.3 Å². The highest BCUT2D eigenvalue weighted by molar-refractivity contribution is 5.57. The molecule has 0 aromatic heterocycles. The molecule has 0 spiro atoms. The molecule has 0 unspecified atom stereocenters. The minimum Gasteiger partial charge on any atom is -0.192 e. The molecule has 2 aromatic carbocycles. The third-order valence-electron chi connectivity index (χ3n) is 2.53. The van der Waals surface area contributed by atoms with Crippen molar-refractivity contribution in [2.75, 3.05) is 0 Å². The van der Waals surface area contributed by atoms with Gasteiger partial charge in [0.2, 0.25) is 0 Å². The van der Waals surface area contributed by atoms with Gasteiger partial charge in [-0.25, -0.2) is 0 Å². The number of benzene rings is 2. The summed E-state index contributed by atoms with van der Waals surface area (Å²) in [6.07, 6.45) is 8.07. The van der Waals surface area contributed by atoms with Crippen molar-refractivity contribution in [3.63, 3.8) is 0 Å². The van der Waals surface area contributed by atoms with Gasteiger partial charge in [0.15, 0.2) is 0 Å². The van der Waals surface area contributed by atoms with Gasteiger partial charge in [0.05, 0.1) is 11.6 Å². The molecule has 0 heterocycles. The van der Waals surface area contributed by atoms with Gasteiger partial charge in [-0.1, -0.05) is 66.8 Å². The lowest BCUT2D eigenvalue weighted by atomic mass is 10.1. The molecule has 86 valence electrons. The van der Waals surface area contributed by atoms with Crippen LogP contribution in [0.5, 0.6) is 0 Å². The molecule has 2 rings (SSSR count). The molecular formula is C17H13N. The van der Waals surface area contributed by atoms with Crippen LogP contribution in [0.15, 0.2) is 66.7 Å². The molecule has 0 atom stereocenters. The SMILES string of the molecule is N#Cc1ccc(/C=C/C=C\c2ccccc2)cc1. The van der Waals surface area contributed by atoms with Gasteiger partial charge in [0.25, 0.3) is 0 Å². The van der Waals surface area contributed by atoms with E-state index in [1.54, 1.807) is 0 Å². The van der Waals surface area contributed by atoms with Crippen molar-refractivity contribution < 1.29 is 0 Å². The largest absolute Gasteiger partial charge is 0.192 e. The predicted octanol–water partition coefficient (Wildman–Crippen LogP) is 4.28. The third-order valence-corrected chi connectivity index (χ3v) is 2.53. The number of nitriles is 1. The molecule has 0 saturated carbocycles. The Hall–Kier alpha value is -2.59. The number of hydrogen-bond donors (Lipinski definition) is 0. The van der Waals surface area contributed by atoms with Crippen LogP contribution in [0.3, 0.4) is 0 Å². The van der Waals surface area contributed by atoms with Crippen LogP contribution in [-0.4, -0.2) is 0 Å². The Labute approximate surface area is 107 Å². The van der Waals surface area contributed by atoms with Gasteiger partial charge >= 0.3 is 0 Å². The van der Waals surface area contributed by atoms with Gasteiger partial charge in [-0.15, -0.1) is 0 Å². The summed E-state index contributed by atoms with van der Waals surface area (Å²) in [6, 6.07) is 19.8. The van der Waals surface area contributed by atoms with Crippen LogP contribution in [0.4, 0.5) is 0 Å². The normalized spacial score (nSPS) is 10.8. The van der Waals surface area contributed by atoms with Crippen LogP contribution in [0.1, 0.15) is 16.7 Å². The topological polar surface area (TPSA) is 23.8 Å². The highest BCUT2D eigenvalue weighted by atomic mass is 14.2. The molecule has 0 amide bonds. The van der Waals surface area contributed by atoms with Gasteiger partial charge in [0, 0.05) is 0 Å². The van der Waals surface area contributed by atoms with Crippen LogP contribution in [0.2, 0.25) is 0 Å². The van der Waals surface area contributed by atoms with Gasteiger partial charge in [-0.05, 0) is 23.3 Å². The van der Waals surface area contributed by atoms with Crippen LogP contribution < -0.4 is 0 Å². The van der Waals surface area contributed by atoms with Gasteiger partial charge in [-0.2, -0.15) is 5.26 Å². The average molecular weight is 231 g/mol. The van der Waals surface area contributed by atoms with E-state index in [0.29, 0.717) is 5.56 Å². The fraction of sp³-hybridized carbons (Fsp3) is 0. The Morgan fingerprint density at radius 3 is 1.83 bits per heavy atom. The Balaban J connectivity index is 1.99. The van der Waals surface area contributed by atoms with E-state index in [-0.39, 0.29) is 0 Å². The zero-order valence-electron chi connectivity index (χ0n) is 9.95. The first-order chi connectivity index (χ1) is 8.88. The summed E-state index contributed by atoms with van der Waals surface area (Å²) in [5, 5.41) is 8.69. The summed E-state index contributed by atoms with van der Waals surface area (Å²) in [5.41, 5.74) is 2.96. The summed E-state index contributed by atoms with van der Waals surface area (Å²) in [7, 11) is 0. The minimum absolute atomic E-state index is 0.687. The van der Waals surface area contributed by atoms with Crippen molar-refractivity contribution >= 4 is 12.2 Å².